The standard InChI is InChI=1S/C15H22FNO/c1-4-10(2)11(3)17-9-14-8-12-7-13(16)5-6-15(12)18-14/h5-7,10-11,14,17H,4,8-9H2,1-3H3. The number of nitrogens with one attached hydrogen (secondary N) is 1. The van der Waals surface area contributed by atoms with Gasteiger partial charge in [0.2, 0.25) is 0 Å². The average molecular weight is 251 g/mol. The Labute approximate surface area is 109 Å². The van der Waals surface area contributed by atoms with Gasteiger partial charge in [0.25, 0.3) is 0 Å². The van der Waals surface area contributed by atoms with Crippen LogP contribution >= 0.6 is 0 Å². The molecule has 2 nitrogen and oxygen atoms in total. The molecular formula is C15H22FNO. The molecule has 0 radical (unpaired) electrons. The molecule has 0 saturated heterocycles. The van der Waals surface area contributed by atoms with E-state index in [1.54, 1.807) is 12.1 Å². The molecule has 18 heavy (non-hydrogen) atoms. The number of benzene rings is 1. The minimum Gasteiger partial charge on any atom is -0.488 e. The fourth-order valence-corrected chi connectivity index (χ4v) is 2.27. The highest BCUT2D eigenvalue weighted by Gasteiger charge is 2.23. The van der Waals surface area contributed by atoms with Crippen LogP contribution in [0.3, 0.4) is 0 Å². The van der Waals surface area contributed by atoms with Crippen molar-refractivity contribution in [2.24, 2.45) is 5.92 Å². The van der Waals surface area contributed by atoms with Crippen molar-refractivity contribution in [1.82, 2.24) is 5.32 Å². The van der Waals surface area contributed by atoms with Crippen LogP contribution in [0.1, 0.15) is 32.8 Å². The number of rotatable bonds is 5. The predicted molar refractivity (Wildman–Crippen MR) is 71.4 cm³/mol. The van der Waals surface area contributed by atoms with Crippen LogP contribution in [0, 0.1) is 11.7 Å². The van der Waals surface area contributed by atoms with Gasteiger partial charge >= 0.3 is 0 Å². The summed E-state index contributed by atoms with van der Waals surface area (Å²) in [4.78, 5) is 0. The summed E-state index contributed by atoms with van der Waals surface area (Å²) in [7, 11) is 0. The Bertz CT molecular complexity index is 407. The maximum absolute atomic E-state index is 13.1. The first-order chi connectivity index (χ1) is 8.60. The lowest BCUT2D eigenvalue weighted by Crippen LogP contribution is -2.39. The van der Waals surface area contributed by atoms with Gasteiger partial charge in [0.1, 0.15) is 17.7 Å². The molecule has 0 fully saturated rings. The Morgan fingerprint density at radius 2 is 2.22 bits per heavy atom. The maximum Gasteiger partial charge on any atom is 0.123 e. The van der Waals surface area contributed by atoms with Crippen molar-refractivity contribution < 1.29 is 9.13 Å². The van der Waals surface area contributed by atoms with Crippen LogP contribution in [0.5, 0.6) is 5.75 Å². The topological polar surface area (TPSA) is 21.3 Å². The molecule has 0 aliphatic carbocycles. The summed E-state index contributed by atoms with van der Waals surface area (Å²) in [5, 5.41) is 3.51. The third-order valence-electron chi connectivity index (χ3n) is 3.93. The molecule has 2 rings (SSSR count). The summed E-state index contributed by atoms with van der Waals surface area (Å²) in [6.07, 6.45) is 2.10. The normalized spacial score (nSPS) is 21.2. The molecule has 3 heteroatoms. The number of fused-ring (bicyclic) bond motifs is 1. The number of halogens is 1. The quantitative estimate of drug-likeness (QED) is 0.868. The van der Waals surface area contributed by atoms with Crippen LogP contribution < -0.4 is 10.1 Å². The van der Waals surface area contributed by atoms with E-state index in [1.165, 1.54) is 12.5 Å². The Hall–Kier alpha value is -1.09. The van der Waals surface area contributed by atoms with E-state index in [9.17, 15) is 4.39 Å². The van der Waals surface area contributed by atoms with Crippen LogP contribution in [-0.2, 0) is 6.42 Å². The van der Waals surface area contributed by atoms with Crippen molar-refractivity contribution in [1.29, 1.82) is 0 Å². The zero-order valence-corrected chi connectivity index (χ0v) is 11.4. The van der Waals surface area contributed by atoms with Gasteiger partial charge in [0, 0.05) is 24.6 Å². The summed E-state index contributed by atoms with van der Waals surface area (Å²) in [5.41, 5.74) is 0.984. The Balaban J connectivity index is 1.85. The van der Waals surface area contributed by atoms with E-state index in [4.69, 9.17) is 4.74 Å². The van der Waals surface area contributed by atoms with E-state index in [0.717, 1.165) is 24.3 Å². The molecule has 0 amide bonds. The van der Waals surface area contributed by atoms with Gasteiger partial charge in [-0.05, 0) is 31.0 Å². The molecule has 1 aromatic carbocycles. The van der Waals surface area contributed by atoms with Crippen LogP contribution in [0.15, 0.2) is 18.2 Å². The van der Waals surface area contributed by atoms with Crippen LogP contribution in [-0.4, -0.2) is 18.7 Å². The van der Waals surface area contributed by atoms with Gasteiger partial charge in [0.15, 0.2) is 0 Å². The van der Waals surface area contributed by atoms with E-state index < -0.39 is 0 Å². The third-order valence-corrected chi connectivity index (χ3v) is 3.93. The predicted octanol–water partition coefficient (Wildman–Crippen LogP) is 3.15. The Morgan fingerprint density at radius 3 is 2.94 bits per heavy atom. The molecule has 1 N–H and O–H groups in total. The first kappa shape index (κ1) is 13.3. The first-order valence-electron chi connectivity index (χ1n) is 6.78. The molecule has 1 aliphatic rings. The molecule has 3 unspecified atom stereocenters. The summed E-state index contributed by atoms with van der Waals surface area (Å²) in [5.74, 6) is 1.31. The van der Waals surface area contributed by atoms with Crippen molar-refractivity contribution in [2.45, 2.75) is 45.8 Å². The largest absolute Gasteiger partial charge is 0.488 e. The van der Waals surface area contributed by atoms with Crippen LogP contribution in [0.4, 0.5) is 4.39 Å². The second-order valence-corrected chi connectivity index (χ2v) is 5.28. The van der Waals surface area contributed by atoms with Crippen molar-refractivity contribution in [3.63, 3.8) is 0 Å². The lowest BCUT2D eigenvalue weighted by molar-refractivity contribution is 0.215. The van der Waals surface area contributed by atoms with Crippen molar-refractivity contribution >= 4 is 0 Å². The minimum atomic E-state index is -0.182. The smallest absolute Gasteiger partial charge is 0.123 e. The molecule has 0 aromatic heterocycles. The molecule has 1 heterocycles. The molecule has 100 valence electrons. The molecule has 1 aliphatic heterocycles. The monoisotopic (exact) mass is 251 g/mol. The first-order valence-corrected chi connectivity index (χ1v) is 6.78. The second kappa shape index (κ2) is 5.70. The SMILES string of the molecule is CCC(C)C(C)NCC1Cc2cc(F)ccc2O1. The average Bonchev–Trinajstić information content (AvgIpc) is 2.76. The highest BCUT2D eigenvalue weighted by Crippen LogP contribution is 2.29. The summed E-state index contributed by atoms with van der Waals surface area (Å²) >= 11 is 0. The minimum absolute atomic E-state index is 0.133. The lowest BCUT2D eigenvalue weighted by Gasteiger charge is -2.22. The van der Waals surface area contributed by atoms with Crippen LogP contribution in [0.2, 0.25) is 0 Å². The second-order valence-electron chi connectivity index (χ2n) is 5.28. The third kappa shape index (κ3) is 3.02. The van der Waals surface area contributed by atoms with Gasteiger partial charge in [-0.1, -0.05) is 20.3 Å². The number of hydrogen-bond acceptors (Lipinski definition) is 2. The molecule has 0 bridgehead atoms. The van der Waals surface area contributed by atoms with Gasteiger partial charge in [-0.2, -0.15) is 0 Å². The van der Waals surface area contributed by atoms with Gasteiger partial charge in [0.05, 0.1) is 0 Å². The van der Waals surface area contributed by atoms with Gasteiger partial charge in [-0.15, -0.1) is 0 Å². The van der Waals surface area contributed by atoms with Gasteiger partial charge < -0.3 is 10.1 Å². The van der Waals surface area contributed by atoms with Gasteiger partial charge in [-0.25, -0.2) is 4.39 Å². The Kier molecular flexibility index (Phi) is 4.23. The van der Waals surface area contributed by atoms with E-state index in [-0.39, 0.29) is 11.9 Å². The Morgan fingerprint density at radius 1 is 1.44 bits per heavy atom. The fraction of sp³-hybridized carbons (Fsp3) is 0.600. The summed E-state index contributed by atoms with van der Waals surface area (Å²) < 4.78 is 18.9. The van der Waals surface area contributed by atoms with E-state index in [2.05, 4.69) is 26.1 Å². The van der Waals surface area contributed by atoms with Crippen molar-refractivity contribution in [2.75, 3.05) is 6.54 Å². The zero-order valence-electron chi connectivity index (χ0n) is 11.4. The highest BCUT2D eigenvalue weighted by molar-refractivity contribution is 5.37. The van der Waals surface area contributed by atoms with E-state index in [1.807, 2.05) is 0 Å². The number of ether oxygens (including phenoxy) is 1. The van der Waals surface area contributed by atoms with Crippen LogP contribution in [0.25, 0.3) is 0 Å². The van der Waals surface area contributed by atoms with Crippen molar-refractivity contribution in [3.8, 4) is 5.75 Å². The van der Waals surface area contributed by atoms with E-state index >= 15 is 0 Å². The zero-order chi connectivity index (χ0) is 13.1. The molecular weight excluding hydrogens is 229 g/mol. The molecule has 3 atom stereocenters. The van der Waals surface area contributed by atoms with E-state index in [0.29, 0.717) is 12.0 Å². The lowest BCUT2D eigenvalue weighted by atomic mass is 10.0. The number of hydrogen-bond donors (Lipinski definition) is 1. The fourth-order valence-electron chi connectivity index (χ4n) is 2.27. The van der Waals surface area contributed by atoms with Crippen molar-refractivity contribution in [3.05, 3.63) is 29.6 Å². The summed E-state index contributed by atoms with van der Waals surface area (Å²) in [6, 6.07) is 5.24. The maximum atomic E-state index is 13.1. The highest BCUT2D eigenvalue weighted by atomic mass is 19.1. The van der Waals surface area contributed by atoms with Gasteiger partial charge in [-0.3, -0.25) is 0 Å². The molecule has 0 spiro atoms. The molecule has 1 aromatic rings. The molecule has 0 saturated carbocycles. The summed E-state index contributed by atoms with van der Waals surface area (Å²) in [6.45, 7) is 7.47.